The minimum atomic E-state index is -0.213. The minimum Gasteiger partial charge on any atom is -0.493 e. The zero-order valence-electron chi connectivity index (χ0n) is 19.2. The van der Waals surface area contributed by atoms with Crippen LogP contribution in [0.4, 0.5) is 0 Å². The van der Waals surface area contributed by atoms with Gasteiger partial charge in [-0.25, -0.2) is 0 Å². The summed E-state index contributed by atoms with van der Waals surface area (Å²) >= 11 is 0. The van der Waals surface area contributed by atoms with Crippen molar-refractivity contribution >= 4 is 10.8 Å². The van der Waals surface area contributed by atoms with E-state index in [1.807, 2.05) is 84.9 Å². The first kappa shape index (κ1) is 23.2. The third-order valence-electron chi connectivity index (χ3n) is 5.74. The summed E-state index contributed by atoms with van der Waals surface area (Å²) in [5.41, 5.74) is 4.79. The Labute approximate surface area is 199 Å². The van der Waals surface area contributed by atoms with Crippen LogP contribution in [0.3, 0.4) is 0 Å². The lowest BCUT2D eigenvalue weighted by atomic mass is 9.89. The number of pyridine rings is 1. The van der Waals surface area contributed by atoms with Gasteiger partial charge in [0.1, 0.15) is 0 Å². The molecule has 0 fully saturated rings. The summed E-state index contributed by atoms with van der Waals surface area (Å²) in [6.07, 6.45) is 1.76. The van der Waals surface area contributed by atoms with Gasteiger partial charge in [0.15, 0.2) is 11.5 Å². The van der Waals surface area contributed by atoms with Crippen LogP contribution in [0.2, 0.25) is 0 Å². The maximum Gasteiger partial charge on any atom is 0.161 e. The van der Waals surface area contributed by atoms with Crippen LogP contribution in [-0.4, -0.2) is 29.4 Å². The van der Waals surface area contributed by atoms with Crippen molar-refractivity contribution in [3.63, 3.8) is 0 Å². The van der Waals surface area contributed by atoms with Crippen molar-refractivity contribution in [1.29, 1.82) is 0 Å². The number of fused-ring (bicyclic) bond motifs is 1. The first-order valence-corrected chi connectivity index (χ1v) is 11.0. The van der Waals surface area contributed by atoms with Crippen molar-refractivity contribution in [3.05, 3.63) is 102 Å². The van der Waals surface area contributed by atoms with Gasteiger partial charge in [-0.05, 0) is 63.4 Å². The van der Waals surface area contributed by atoms with Crippen LogP contribution in [0, 0.1) is 0 Å². The van der Waals surface area contributed by atoms with E-state index in [-0.39, 0.29) is 13.2 Å². The molecule has 4 aromatic rings. The average molecular weight is 454 g/mol. The number of hydrogen-bond donors (Lipinski definition) is 2. The molecule has 5 nitrogen and oxygen atoms in total. The van der Waals surface area contributed by atoms with Crippen molar-refractivity contribution in [1.82, 2.24) is 4.98 Å². The van der Waals surface area contributed by atoms with Gasteiger partial charge in [-0.1, -0.05) is 54.6 Å². The lowest BCUT2D eigenvalue weighted by Gasteiger charge is -2.18. The van der Waals surface area contributed by atoms with Crippen LogP contribution in [0.15, 0.2) is 91.1 Å². The summed E-state index contributed by atoms with van der Waals surface area (Å²) in [6, 6.07) is 27.4. The van der Waals surface area contributed by atoms with Gasteiger partial charge < -0.3 is 19.7 Å². The van der Waals surface area contributed by atoms with Gasteiger partial charge in [0.25, 0.3) is 0 Å². The maximum atomic E-state index is 10.3. The summed E-state index contributed by atoms with van der Waals surface area (Å²) < 4.78 is 11.0. The van der Waals surface area contributed by atoms with Crippen LogP contribution < -0.4 is 9.47 Å². The first-order valence-electron chi connectivity index (χ1n) is 11.0. The van der Waals surface area contributed by atoms with E-state index < -0.39 is 0 Å². The van der Waals surface area contributed by atoms with Crippen LogP contribution >= 0.6 is 0 Å². The highest BCUT2D eigenvalue weighted by atomic mass is 16.5. The molecule has 0 atom stereocenters. The number of methoxy groups -OCH3 is 2. The average Bonchev–Trinajstić information content (AvgIpc) is 2.89. The maximum absolute atomic E-state index is 10.3. The summed E-state index contributed by atoms with van der Waals surface area (Å²) in [4.78, 5) is 4.60. The molecule has 2 N–H and O–H groups in total. The van der Waals surface area contributed by atoms with Crippen molar-refractivity contribution in [2.75, 3.05) is 14.2 Å². The molecule has 1 heterocycles. The highest BCUT2D eigenvalue weighted by molar-refractivity contribution is 6.01. The van der Waals surface area contributed by atoms with Crippen LogP contribution in [0.25, 0.3) is 33.2 Å². The largest absolute Gasteiger partial charge is 0.493 e. The molecule has 0 saturated carbocycles. The Hall–Kier alpha value is -3.93. The standard InChI is InChI=1S/C29H27NO4/c1-33-27-16-22-14-23(18-31)25(19-32)29(24(22)17-28(27)34-2)21-12-13-30-26(15-21)20-10-8-6-4-3-5-7-9-11-20/h3-17,31-32H,18-19H2,1-2H3. The monoisotopic (exact) mass is 453 g/mol. The fraction of sp³-hybridized carbons (Fsp3) is 0.138. The van der Waals surface area contributed by atoms with Gasteiger partial charge >= 0.3 is 0 Å². The number of ether oxygens (including phenoxy) is 2. The molecule has 0 bridgehead atoms. The summed E-state index contributed by atoms with van der Waals surface area (Å²) in [5.74, 6) is 1.19. The highest BCUT2D eigenvalue weighted by Crippen LogP contribution is 2.41. The first-order chi connectivity index (χ1) is 16.7. The van der Waals surface area contributed by atoms with Crippen molar-refractivity contribution in [2.24, 2.45) is 0 Å². The summed E-state index contributed by atoms with van der Waals surface area (Å²) in [6.45, 7) is -0.403. The highest BCUT2D eigenvalue weighted by Gasteiger charge is 2.18. The predicted octanol–water partition coefficient (Wildman–Crippen LogP) is 5.70. The van der Waals surface area contributed by atoms with Crippen LogP contribution in [0.1, 0.15) is 11.1 Å². The van der Waals surface area contributed by atoms with E-state index in [0.717, 1.165) is 33.2 Å². The summed E-state index contributed by atoms with van der Waals surface area (Å²) in [7, 11) is 3.19. The Kier molecular flexibility index (Phi) is 7.38. The molecule has 0 saturated heterocycles. The van der Waals surface area contributed by atoms with Crippen LogP contribution in [-0.2, 0) is 13.2 Å². The van der Waals surface area contributed by atoms with Crippen molar-refractivity contribution < 1.29 is 19.7 Å². The van der Waals surface area contributed by atoms with E-state index in [2.05, 4.69) is 4.98 Å². The lowest BCUT2D eigenvalue weighted by molar-refractivity contribution is 0.260. The lowest BCUT2D eigenvalue weighted by Crippen LogP contribution is -2.01. The molecule has 0 radical (unpaired) electrons. The fourth-order valence-corrected chi connectivity index (χ4v) is 4.09. The van der Waals surface area contributed by atoms with Crippen LogP contribution in [0.5, 0.6) is 11.5 Å². The van der Waals surface area contributed by atoms with E-state index in [1.54, 1.807) is 20.4 Å². The predicted molar refractivity (Wildman–Crippen MR) is 135 cm³/mol. The second-order valence-corrected chi connectivity index (χ2v) is 7.70. The Morgan fingerprint density at radius 3 is 1.97 bits per heavy atom. The smallest absolute Gasteiger partial charge is 0.161 e. The van der Waals surface area contributed by atoms with Gasteiger partial charge in [0, 0.05) is 11.8 Å². The van der Waals surface area contributed by atoms with E-state index in [0.29, 0.717) is 22.6 Å². The molecular formula is C29H27NO4. The second kappa shape index (κ2) is 10.8. The van der Waals surface area contributed by atoms with Gasteiger partial charge in [-0.3, -0.25) is 4.98 Å². The Morgan fingerprint density at radius 1 is 0.706 bits per heavy atom. The molecule has 0 aliphatic heterocycles. The SMILES string of the molecule is COc1cc2cc(CO)c(CO)c(-c3ccnc(-c4ccccccccc4)c3)c2cc1OC. The number of aromatic nitrogens is 1. The topological polar surface area (TPSA) is 71.8 Å². The Morgan fingerprint density at radius 2 is 1.35 bits per heavy atom. The van der Waals surface area contributed by atoms with Gasteiger partial charge in [-0.2, -0.15) is 0 Å². The van der Waals surface area contributed by atoms with E-state index in [9.17, 15) is 10.2 Å². The number of rotatable bonds is 6. The quantitative estimate of drug-likeness (QED) is 0.392. The molecule has 0 spiro atoms. The molecule has 1 aromatic heterocycles. The molecule has 3 aromatic carbocycles. The van der Waals surface area contributed by atoms with E-state index >= 15 is 0 Å². The van der Waals surface area contributed by atoms with Gasteiger partial charge in [0.05, 0.1) is 33.1 Å². The zero-order chi connectivity index (χ0) is 23.9. The van der Waals surface area contributed by atoms with E-state index in [1.165, 1.54) is 0 Å². The normalized spacial score (nSPS) is 10.6. The number of aliphatic hydroxyl groups excluding tert-OH is 2. The molecule has 0 amide bonds. The molecule has 172 valence electrons. The molecule has 0 aliphatic rings. The zero-order valence-corrected chi connectivity index (χ0v) is 19.2. The number of benzene rings is 2. The van der Waals surface area contributed by atoms with Gasteiger partial charge in [-0.15, -0.1) is 0 Å². The molecule has 0 aliphatic carbocycles. The molecule has 5 heteroatoms. The molecular weight excluding hydrogens is 426 g/mol. The molecule has 4 rings (SSSR count). The third-order valence-corrected chi connectivity index (χ3v) is 5.74. The second-order valence-electron chi connectivity index (χ2n) is 7.70. The van der Waals surface area contributed by atoms with E-state index in [4.69, 9.17) is 9.47 Å². The van der Waals surface area contributed by atoms with Crippen molar-refractivity contribution in [3.8, 4) is 33.9 Å². The van der Waals surface area contributed by atoms with Crippen molar-refractivity contribution in [2.45, 2.75) is 13.2 Å². The summed E-state index contributed by atoms with van der Waals surface area (Å²) in [5, 5.41) is 22.1. The third kappa shape index (κ3) is 4.71. The Balaban J connectivity index is 2.00. The number of nitrogens with zero attached hydrogens (tertiary/aromatic N) is 1. The Bertz CT molecular complexity index is 1340. The van der Waals surface area contributed by atoms with Gasteiger partial charge in [0.2, 0.25) is 0 Å². The number of hydrogen-bond acceptors (Lipinski definition) is 5. The molecule has 0 unspecified atom stereocenters. The number of aliphatic hydroxyl groups is 2. The molecule has 34 heavy (non-hydrogen) atoms. The fourth-order valence-electron chi connectivity index (χ4n) is 4.09. The minimum absolute atomic E-state index is 0.191.